The van der Waals surface area contributed by atoms with Crippen LogP contribution in [0.25, 0.3) is 0 Å². The van der Waals surface area contributed by atoms with E-state index in [0.29, 0.717) is 17.0 Å². The van der Waals surface area contributed by atoms with Crippen LogP contribution in [0.3, 0.4) is 0 Å². The van der Waals surface area contributed by atoms with Crippen molar-refractivity contribution in [2.24, 2.45) is 0 Å². The van der Waals surface area contributed by atoms with Crippen LogP contribution in [-0.2, 0) is 14.3 Å². The molecule has 2 unspecified atom stereocenters. The lowest BCUT2D eigenvalue weighted by molar-refractivity contribution is -0.140. The van der Waals surface area contributed by atoms with E-state index in [1.807, 2.05) is 32.0 Å². The number of alkyl carbamates (subject to hydrolysis) is 1. The molecule has 0 fully saturated rings. The molecule has 0 saturated heterocycles. The van der Waals surface area contributed by atoms with Gasteiger partial charge in [0.15, 0.2) is 0 Å². The molecular formula is C27H37N3O5S. The van der Waals surface area contributed by atoms with Gasteiger partial charge in [-0.05, 0) is 82.5 Å². The predicted octanol–water partition coefficient (Wildman–Crippen LogP) is 4.66. The first kappa shape index (κ1) is 29.0. The van der Waals surface area contributed by atoms with Gasteiger partial charge >= 0.3 is 6.09 Å². The fourth-order valence-electron chi connectivity index (χ4n) is 3.59. The van der Waals surface area contributed by atoms with Crippen LogP contribution in [0.4, 0.5) is 10.5 Å². The van der Waals surface area contributed by atoms with Crippen LogP contribution in [-0.4, -0.2) is 53.9 Å². The third kappa shape index (κ3) is 7.91. The number of benzene rings is 2. The first-order valence-electron chi connectivity index (χ1n) is 11.8. The second-order valence-corrected chi connectivity index (χ2v) is 9.83. The summed E-state index contributed by atoms with van der Waals surface area (Å²) in [5.41, 5.74) is 2.57. The topological polar surface area (TPSA) is 97.0 Å². The van der Waals surface area contributed by atoms with Crippen molar-refractivity contribution in [3.8, 4) is 5.75 Å². The minimum atomic E-state index is -0.981. The van der Waals surface area contributed by atoms with Crippen LogP contribution < -0.4 is 15.4 Å². The number of ether oxygens (including phenoxy) is 2. The van der Waals surface area contributed by atoms with Crippen LogP contribution in [0.5, 0.6) is 5.75 Å². The van der Waals surface area contributed by atoms with Crippen LogP contribution in [0, 0.1) is 13.8 Å². The average Bonchev–Trinajstić information content (AvgIpc) is 2.81. The Morgan fingerprint density at radius 1 is 1.03 bits per heavy atom. The number of hydrogen-bond acceptors (Lipinski definition) is 6. The van der Waals surface area contributed by atoms with Gasteiger partial charge in [-0.2, -0.15) is 12.6 Å². The van der Waals surface area contributed by atoms with Crippen molar-refractivity contribution in [1.82, 2.24) is 10.2 Å². The van der Waals surface area contributed by atoms with Gasteiger partial charge in [0.2, 0.25) is 5.91 Å². The highest BCUT2D eigenvalue weighted by Crippen LogP contribution is 2.27. The lowest BCUT2D eigenvalue weighted by Gasteiger charge is -2.33. The van der Waals surface area contributed by atoms with Gasteiger partial charge < -0.3 is 25.0 Å². The molecule has 196 valence electrons. The zero-order chi connectivity index (χ0) is 27.0. The Bertz CT molecular complexity index is 1070. The van der Waals surface area contributed by atoms with E-state index >= 15 is 0 Å². The summed E-state index contributed by atoms with van der Waals surface area (Å²) in [5.74, 6) is -0.122. The smallest absolute Gasteiger partial charge is 0.408 e. The molecule has 3 amide bonds. The molecule has 0 aromatic heterocycles. The highest BCUT2D eigenvalue weighted by molar-refractivity contribution is 7.80. The fourth-order valence-corrected chi connectivity index (χ4v) is 3.84. The zero-order valence-electron chi connectivity index (χ0n) is 22.0. The normalized spacial score (nSPS) is 12.8. The number of likely N-dealkylation sites (N-methyl/N-ethyl adjacent to an activating group) is 1. The molecule has 36 heavy (non-hydrogen) atoms. The molecule has 0 saturated carbocycles. The summed E-state index contributed by atoms with van der Waals surface area (Å²) in [5, 5.41) is 5.50. The highest BCUT2D eigenvalue weighted by atomic mass is 32.1. The second kappa shape index (κ2) is 12.7. The largest absolute Gasteiger partial charge is 0.497 e. The second-order valence-electron chi connectivity index (χ2n) is 9.47. The molecule has 0 heterocycles. The lowest BCUT2D eigenvalue weighted by Crippen LogP contribution is -2.53. The number of thiol groups is 1. The molecule has 9 heteroatoms. The van der Waals surface area contributed by atoms with Crippen molar-refractivity contribution in [3.05, 3.63) is 59.2 Å². The number of carbonyl (C=O) groups excluding carboxylic acids is 3. The molecule has 2 aromatic carbocycles. The number of rotatable bonds is 9. The summed E-state index contributed by atoms with van der Waals surface area (Å²) in [4.78, 5) is 41.1. The molecule has 0 aliphatic heterocycles. The third-order valence-electron chi connectivity index (χ3n) is 5.56. The highest BCUT2D eigenvalue weighted by Gasteiger charge is 2.35. The molecule has 0 aliphatic carbocycles. The Labute approximate surface area is 219 Å². The van der Waals surface area contributed by atoms with Gasteiger partial charge in [-0.3, -0.25) is 9.59 Å². The summed E-state index contributed by atoms with van der Waals surface area (Å²) < 4.78 is 10.5. The molecule has 8 nitrogen and oxygen atoms in total. The lowest BCUT2D eigenvalue weighted by atomic mass is 9.98. The van der Waals surface area contributed by atoms with E-state index in [4.69, 9.17) is 9.47 Å². The van der Waals surface area contributed by atoms with Crippen molar-refractivity contribution < 1.29 is 23.9 Å². The number of anilines is 1. The maximum Gasteiger partial charge on any atom is 0.408 e. The Morgan fingerprint density at radius 2 is 1.67 bits per heavy atom. The summed E-state index contributed by atoms with van der Waals surface area (Å²) in [6.45, 7) is 11.2. The van der Waals surface area contributed by atoms with Crippen LogP contribution >= 0.6 is 12.6 Å². The molecule has 0 radical (unpaired) electrons. The molecule has 2 atom stereocenters. The van der Waals surface area contributed by atoms with Gasteiger partial charge in [0.1, 0.15) is 23.4 Å². The number of methoxy groups -OCH3 is 1. The van der Waals surface area contributed by atoms with Gasteiger partial charge in [0.05, 0.1) is 7.11 Å². The van der Waals surface area contributed by atoms with Crippen LogP contribution in [0.2, 0.25) is 0 Å². The number of nitrogens with zero attached hydrogens (tertiary/aromatic N) is 1. The van der Waals surface area contributed by atoms with E-state index in [9.17, 15) is 14.4 Å². The molecule has 0 bridgehead atoms. The minimum absolute atomic E-state index is 0.0360. The number of hydrogen-bond donors (Lipinski definition) is 3. The third-order valence-corrected chi connectivity index (χ3v) is 5.92. The standard InChI is InChI=1S/C27H37N3O5S/c1-8-30(25(32)22(16-36)29-26(33)35-27(4,5)6)23(19-10-9-17(2)18(3)15-19)24(31)28-20-11-13-21(34-7)14-12-20/h9-15,22-23,36H,8,16H2,1-7H3,(H,28,31)(H,29,33). The summed E-state index contributed by atoms with van der Waals surface area (Å²) in [6, 6.07) is 10.7. The van der Waals surface area contributed by atoms with Crippen molar-refractivity contribution in [2.45, 2.75) is 59.2 Å². The monoisotopic (exact) mass is 515 g/mol. The number of aryl methyl sites for hydroxylation is 2. The van der Waals surface area contributed by atoms with Gasteiger partial charge in [-0.25, -0.2) is 4.79 Å². The molecule has 2 N–H and O–H groups in total. The first-order chi connectivity index (χ1) is 16.9. The minimum Gasteiger partial charge on any atom is -0.497 e. The first-order valence-corrected chi connectivity index (χ1v) is 12.5. The van der Waals surface area contributed by atoms with E-state index < -0.39 is 29.7 Å². The van der Waals surface area contributed by atoms with Crippen molar-refractivity contribution in [3.63, 3.8) is 0 Å². The van der Waals surface area contributed by atoms with Crippen LogP contribution in [0.15, 0.2) is 42.5 Å². The molecule has 0 aliphatic rings. The maximum atomic E-state index is 13.6. The number of carbonyl (C=O) groups is 3. The summed E-state index contributed by atoms with van der Waals surface area (Å²) >= 11 is 4.28. The Hall–Kier alpha value is -3.20. The average molecular weight is 516 g/mol. The SMILES string of the molecule is CCN(C(=O)C(CS)NC(=O)OC(C)(C)C)C(C(=O)Nc1ccc(OC)cc1)c1ccc(C)c(C)c1. The number of amides is 3. The summed E-state index contributed by atoms with van der Waals surface area (Å²) in [7, 11) is 1.57. The predicted molar refractivity (Wildman–Crippen MR) is 145 cm³/mol. The van der Waals surface area contributed by atoms with Gasteiger partial charge in [0, 0.05) is 18.0 Å². The van der Waals surface area contributed by atoms with Crippen molar-refractivity contribution in [1.29, 1.82) is 0 Å². The Balaban J connectivity index is 2.41. The van der Waals surface area contributed by atoms with Crippen LogP contribution in [0.1, 0.15) is 50.4 Å². The Morgan fingerprint density at radius 3 is 2.17 bits per heavy atom. The fraction of sp³-hybridized carbons (Fsp3) is 0.444. The van der Waals surface area contributed by atoms with Crippen molar-refractivity contribution >= 4 is 36.2 Å². The van der Waals surface area contributed by atoms with Gasteiger partial charge in [-0.15, -0.1) is 0 Å². The quantitative estimate of drug-likeness (QED) is 0.422. The van der Waals surface area contributed by atoms with Gasteiger partial charge in [0.25, 0.3) is 5.91 Å². The number of nitrogens with one attached hydrogen (secondary N) is 2. The molecule has 2 rings (SSSR count). The van der Waals surface area contributed by atoms with E-state index in [-0.39, 0.29) is 18.2 Å². The zero-order valence-corrected chi connectivity index (χ0v) is 22.9. The molecule has 0 spiro atoms. The van der Waals surface area contributed by atoms with E-state index in [0.717, 1.165) is 11.1 Å². The van der Waals surface area contributed by atoms with Gasteiger partial charge in [-0.1, -0.05) is 18.2 Å². The Kier molecular flexibility index (Phi) is 10.2. The molecular weight excluding hydrogens is 478 g/mol. The summed E-state index contributed by atoms with van der Waals surface area (Å²) in [6.07, 6.45) is -0.726. The van der Waals surface area contributed by atoms with Crippen molar-refractivity contribution in [2.75, 3.05) is 24.7 Å². The maximum absolute atomic E-state index is 13.6. The van der Waals surface area contributed by atoms with E-state index in [1.165, 1.54) is 4.90 Å². The molecule has 2 aromatic rings. The van der Waals surface area contributed by atoms with E-state index in [1.54, 1.807) is 59.1 Å². The van der Waals surface area contributed by atoms with E-state index in [2.05, 4.69) is 23.3 Å².